The molecule has 1 aliphatic rings. The van der Waals surface area contributed by atoms with E-state index in [4.69, 9.17) is 10.5 Å². The van der Waals surface area contributed by atoms with E-state index >= 15 is 0 Å². The summed E-state index contributed by atoms with van der Waals surface area (Å²) in [6.07, 6.45) is 2.32. The van der Waals surface area contributed by atoms with E-state index in [1.54, 1.807) is 0 Å². The van der Waals surface area contributed by atoms with Crippen molar-refractivity contribution in [2.24, 2.45) is 5.73 Å². The third kappa shape index (κ3) is 2.68. The molecule has 0 aromatic heterocycles. The molecule has 0 aliphatic carbocycles. The smallest absolute Gasteiger partial charge is 0.0825 e. The number of ether oxygens (including phenoxy) is 1. The fourth-order valence-electron chi connectivity index (χ4n) is 2.70. The van der Waals surface area contributed by atoms with Crippen LogP contribution in [0.5, 0.6) is 0 Å². The lowest BCUT2D eigenvalue weighted by molar-refractivity contribution is -0.00465. The van der Waals surface area contributed by atoms with E-state index in [0.29, 0.717) is 6.54 Å². The standard InChI is InChI=1S/C15H24N2O/c1-12-9-14(6-5-13(12)10-16)17-8-4-7-15(2,11-17)18-3/h5-6,9H,4,7-8,10-11,16H2,1-3H3. The Balaban J connectivity index is 2.18. The first-order chi connectivity index (χ1) is 8.58. The Morgan fingerprint density at radius 3 is 2.83 bits per heavy atom. The van der Waals surface area contributed by atoms with Crippen molar-refractivity contribution in [1.29, 1.82) is 0 Å². The molecule has 0 spiro atoms. The number of piperidine rings is 1. The summed E-state index contributed by atoms with van der Waals surface area (Å²) in [6, 6.07) is 6.56. The van der Waals surface area contributed by atoms with Gasteiger partial charge in [0.2, 0.25) is 0 Å². The molecule has 2 N–H and O–H groups in total. The van der Waals surface area contributed by atoms with Crippen LogP contribution < -0.4 is 10.6 Å². The third-order valence-electron chi connectivity index (χ3n) is 4.06. The maximum atomic E-state index is 5.71. The third-order valence-corrected chi connectivity index (χ3v) is 4.06. The van der Waals surface area contributed by atoms with Gasteiger partial charge in [-0.2, -0.15) is 0 Å². The highest BCUT2D eigenvalue weighted by Crippen LogP contribution is 2.29. The van der Waals surface area contributed by atoms with E-state index in [-0.39, 0.29) is 5.60 Å². The number of hydrogen-bond donors (Lipinski definition) is 1. The Bertz CT molecular complexity index is 419. The Kier molecular flexibility index (Phi) is 3.93. The summed E-state index contributed by atoms with van der Waals surface area (Å²) in [6.45, 7) is 7.01. The van der Waals surface area contributed by atoms with Crippen LogP contribution in [0.1, 0.15) is 30.9 Å². The second kappa shape index (κ2) is 5.29. The van der Waals surface area contributed by atoms with Crippen molar-refractivity contribution < 1.29 is 4.74 Å². The topological polar surface area (TPSA) is 38.5 Å². The highest BCUT2D eigenvalue weighted by Gasteiger charge is 2.30. The summed E-state index contributed by atoms with van der Waals surface area (Å²) in [5, 5.41) is 0. The van der Waals surface area contributed by atoms with E-state index in [9.17, 15) is 0 Å². The Hall–Kier alpha value is -1.06. The van der Waals surface area contributed by atoms with Gasteiger partial charge in [-0.15, -0.1) is 0 Å². The minimum Gasteiger partial charge on any atom is -0.377 e. The monoisotopic (exact) mass is 248 g/mol. The molecule has 0 saturated carbocycles. The van der Waals surface area contributed by atoms with Crippen LogP contribution in [-0.2, 0) is 11.3 Å². The lowest BCUT2D eigenvalue weighted by atomic mass is 9.94. The fraction of sp³-hybridized carbons (Fsp3) is 0.600. The molecule has 18 heavy (non-hydrogen) atoms. The first-order valence-electron chi connectivity index (χ1n) is 6.68. The van der Waals surface area contributed by atoms with Crippen molar-refractivity contribution in [1.82, 2.24) is 0 Å². The summed E-state index contributed by atoms with van der Waals surface area (Å²) in [5.41, 5.74) is 9.48. The average molecular weight is 248 g/mol. The molecule has 0 radical (unpaired) electrons. The van der Waals surface area contributed by atoms with Crippen molar-refractivity contribution in [3.63, 3.8) is 0 Å². The molecule has 1 saturated heterocycles. The summed E-state index contributed by atoms with van der Waals surface area (Å²) >= 11 is 0. The largest absolute Gasteiger partial charge is 0.377 e. The van der Waals surface area contributed by atoms with Crippen LogP contribution >= 0.6 is 0 Å². The summed E-state index contributed by atoms with van der Waals surface area (Å²) in [7, 11) is 1.81. The second-order valence-corrected chi connectivity index (χ2v) is 5.49. The van der Waals surface area contributed by atoms with Gasteiger partial charge in [0.25, 0.3) is 0 Å². The van der Waals surface area contributed by atoms with Crippen LogP contribution in [0.4, 0.5) is 5.69 Å². The predicted octanol–water partition coefficient (Wildman–Crippen LogP) is 2.46. The first kappa shape index (κ1) is 13.4. The number of methoxy groups -OCH3 is 1. The number of aryl methyl sites for hydroxylation is 1. The van der Waals surface area contributed by atoms with E-state index in [2.05, 4.69) is 36.9 Å². The van der Waals surface area contributed by atoms with Crippen LogP contribution in [0.15, 0.2) is 18.2 Å². The van der Waals surface area contributed by atoms with Crippen LogP contribution in [0.3, 0.4) is 0 Å². The van der Waals surface area contributed by atoms with Gasteiger partial charge in [0.1, 0.15) is 0 Å². The lowest BCUT2D eigenvalue weighted by Crippen LogP contribution is -2.47. The lowest BCUT2D eigenvalue weighted by Gasteiger charge is -2.40. The van der Waals surface area contributed by atoms with Crippen LogP contribution in [0.2, 0.25) is 0 Å². The summed E-state index contributed by atoms with van der Waals surface area (Å²) in [4.78, 5) is 2.42. The molecule has 1 aromatic carbocycles. The maximum absolute atomic E-state index is 5.71. The Morgan fingerprint density at radius 1 is 1.44 bits per heavy atom. The van der Waals surface area contributed by atoms with E-state index in [1.807, 2.05) is 7.11 Å². The molecule has 3 heteroatoms. The number of nitrogens with two attached hydrogens (primary N) is 1. The molecule has 0 bridgehead atoms. The van der Waals surface area contributed by atoms with Crippen molar-refractivity contribution in [3.05, 3.63) is 29.3 Å². The van der Waals surface area contributed by atoms with Gasteiger partial charge in [0.05, 0.1) is 5.60 Å². The van der Waals surface area contributed by atoms with Crippen molar-refractivity contribution in [3.8, 4) is 0 Å². The van der Waals surface area contributed by atoms with E-state index in [0.717, 1.165) is 19.5 Å². The number of benzene rings is 1. The van der Waals surface area contributed by atoms with Gasteiger partial charge in [0, 0.05) is 32.4 Å². The van der Waals surface area contributed by atoms with Gasteiger partial charge in [0.15, 0.2) is 0 Å². The zero-order valence-corrected chi connectivity index (χ0v) is 11.7. The second-order valence-electron chi connectivity index (χ2n) is 5.49. The van der Waals surface area contributed by atoms with Crippen LogP contribution in [-0.4, -0.2) is 25.8 Å². The number of nitrogens with zero attached hydrogens (tertiary/aromatic N) is 1. The molecule has 1 aromatic rings. The van der Waals surface area contributed by atoms with Gasteiger partial charge in [-0.3, -0.25) is 0 Å². The van der Waals surface area contributed by atoms with Crippen molar-refractivity contribution in [2.75, 3.05) is 25.1 Å². The van der Waals surface area contributed by atoms with E-state index < -0.39 is 0 Å². The molecule has 1 heterocycles. The number of hydrogen-bond acceptors (Lipinski definition) is 3. The molecule has 1 aliphatic heterocycles. The minimum absolute atomic E-state index is 0.0152. The van der Waals surface area contributed by atoms with Crippen molar-refractivity contribution >= 4 is 5.69 Å². The zero-order valence-electron chi connectivity index (χ0n) is 11.7. The van der Waals surface area contributed by atoms with E-state index in [1.165, 1.54) is 23.2 Å². The average Bonchev–Trinajstić information content (AvgIpc) is 2.39. The minimum atomic E-state index is -0.0152. The molecule has 1 fully saturated rings. The number of anilines is 1. The van der Waals surface area contributed by atoms with Gasteiger partial charge >= 0.3 is 0 Å². The Labute approximate surface area is 110 Å². The maximum Gasteiger partial charge on any atom is 0.0825 e. The van der Waals surface area contributed by atoms with Crippen molar-refractivity contribution in [2.45, 2.75) is 38.8 Å². The number of rotatable bonds is 3. The van der Waals surface area contributed by atoms with Gasteiger partial charge in [-0.1, -0.05) is 6.07 Å². The quantitative estimate of drug-likeness (QED) is 0.893. The Morgan fingerprint density at radius 2 is 2.22 bits per heavy atom. The van der Waals surface area contributed by atoms with Gasteiger partial charge < -0.3 is 15.4 Å². The van der Waals surface area contributed by atoms with Gasteiger partial charge in [-0.25, -0.2) is 0 Å². The molecular formula is C15H24N2O. The zero-order chi connectivity index (χ0) is 13.2. The molecule has 3 nitrogen and oxygen atoms in total. The fourth-order valence-corrected chi connectivity index (χ4v) is 2.70. The highest BCUT2D eigenvalue weighted by atomic mass is 16.5. The van der Waals surface area contributed by atoms with Crippen LogP contribution in [0.25, 0.3) is 0 Å². The molecule has 0 amide bonds. The normalized spacial score (nSPS) is 24.3. The predicted molar refractivity (Wildman–Crippen MR) is 75.9 cm³/mol. The first-order valence-corrected chi connectivity index (χ1v) is 6.68. The molecular weight excluding hydrogens is 224 g/mol. The molecule has 100 valence electrons. The van der Waals surface area contributed by atoms with Gasteiger partial charge in [-0.05, 0) is 49.9 Å². The molecule has 1 unspecified atom stereocenters. The molecule has 2 rings (SSSR count). The molecule has 1 atom stereocenters. The SMILES string of the molecule is COC1(C)CCCN(c2ccc(CN)c(C)c2)C1. The summed E-state index contributed by atoms with van der Waals surface area (Å²) in [5.74, 6) is 0. The summed E-state index contributed by atoms with van der Waals surface area (Å²) < 4.78 is 5.64. The van der Waals surface area contributed by atoms with Crippen LogP contribution in [0, 0.1) is 6.92 Å². The highest BCUT2D eigenvalue weighted by molar-refractivity contribution is 5.51.